The van der Waals surface area contributed by atoms with Crippen LogP contribution in [0.1, 0.15) is 5.56 Å². The van der Waals surface area contributed by atoms with E-state index in [1.807, 2.05) is 0 Å². The molecule has 0 aromatic heterocycles. The highest BCUT2D eigenvalue weighted by molar-refractivity contribution is 5.28. The number of hydrogen-bond acceptors (Lipinski definition) is 3. The standard InChI is InChI=1S/C12H17FN2O/c1-16-11-3-2-10(12(13)4-11)8-15-6-9(5-14)7-15/h2-4,9H,5-8,14H2,1H3. The Morgan fingerprint density at radius 2 is 2.25 bits per heavy atom. The molecule has 1 saturated heterocycles. The van der Waals surface area contributed by atoms with E-state index < -0.39 is 0 Å². The molecule has 0 atom stereocenters. The minimum Gasteiger partial charge on any atom is -0.497 e. The van der Waals surface area contributed by atoms with E-state index in [9.17, 15) is 4.39 Å². The van der Waals surface area contributed by atoms with Crippen LogP contribution in [0.25, 0.3) is 0 Å². The molecule has 1 aromatic rings. The van der Waals surface area contributed by atoms with Crippen LogP contribution in [0.4, 0.5) is 4.39 Å². The molecule has 0 aliphatic carbocycles. The van der Waals surface area contributed by atoms with Crippen molar-refractivity contribution in [3.05, 3.63) is 29.6 Å². The molecule has 88 valence electrons. The van der Waals surface area contributed by atoms with E-state index in [0.29, 0.717) is 18.2 Å². The average Bonchev–Trinajstić information content (AvgIpc) is 2.24. The molecular formula is C12H17FN2O. The van der Waals surface area contributed by atoms with Gasteiger partial charge in [0.1, 0.15) is 11.6 Å². The molecule has 0 radical (unpaired) electrons. The first-order valence-electron chi connectivity index (χ1n) is 5.47. The second kappa shape index (κ2) is 4.80. The van der Waals surface area contributed by atoms with Crippen LogP contribution < -0.4 is 10.5 Å². The monoisotopic (exact) mass is 224 g/mol. The van der Waals surface area contributed by atoms with E-state index in [-0.39, 0.29) is 5.82 Å². The van der Waals surface area contributed by atoms with Gasteiger partial charge in [-0.15, -0.1) is 0 Å². The lowest BCUT2D eigenvalue weighted by molar-refractivity contribution is 0.0966. The molecule has 2 N–H and O–H groups in total. The van der Waals surface area contributed by atoms with Gasteiger partial charge in [0.2, 0.25) is 0 Å². The Balaban J connectivity index is 1.95. The number of hydrogen-bond donors (Lipinski definition) is 1. The van der Waals surface area contributed by atoms with Crippen molar-refractivity contribution in [1.82, 2.24) is 4.90 Å². The molecule has 4 heteroatoms. The zero-order valence-electron chi connectivity index (χ0n) is 9.45. The summed E-state index contributed by atoms with van der Waals surface area (Å²) in [6, 6.07) is 5.00. The van der Waals surface area contributed by atoms with Crippen molar-refractivity contribution in [2.24, 2.45) is 11.7 Å². The van der Waals surface area contributed by atoms with Crippen LogP contribution in [0.15, 0.2) is 18.2 Å². The highest BCUT2D eigenvalue weighted by Gasteiger charge is 2.25. The van der Waals surface area contributed by atoms with Gasteiger partial charge < -0.3 is 10.5 Å². The number of ether oxygens (including phenoxy) is 1. The number of methoxy groups -OCH3 is 1. The van der Waals surface area contributed by atoms with Crippen LogP contribution in [-0.2, 0) is 6.54 Å². The van der Waals surface area contributed by atoms with Crippen molar-refractivity contribution in [1.29, 1.82) is 0 Å². The maximum atomic E-state index is 13.6. The number of benzene rings is 1. The summed E-state index contributed by atoms with van der Waals surface area (Å²) in [7, 11) is 1.54. The lowest BCUT2D eigenvalue weighted by Crippen LogP contribution is -2.49. The third-order valence-corrected chi connectivity index (χ3v) is 3.02. The summed E-state index contributed by atoms with van der Waals surface area (Å²) in [4.78, 5) is 2.20. The first kappa shape index (κ1) is 11.4. The number of likely N-dealkylation sites (tertiary alicyclic amines) is 1. The fourth-order valence-corrected chi connectivity index (χ4v) is 1.98. The second-order valence-electron chi connectivity index (χ2n) is 4.25. The molecule has 2 rings (SSSR count). The van der Waals surface area contributed by atoms with Crippen LogP contribution in [0, 0.1) is 11.7 Å². The highest BCUT2D eigenvalue weighted by atomic mass is 19.1. The molecule has 1 aliphatic heterocycles. The average molecular weight is 224 g/mol. The van der Waals surface area contributed by atoms with Crippen molar-refractivity contribution in [3.8, 4) is 5.75 Å². The highest BCUT2D eigenvalue weighted by Crippen LogP contribution is 2.21. The molecule has 0 amide bonds. The molecule has 1 aromatic carbocycles. The second-order valence-corrected chi connectivity index (χ2v) is 4.25. The number of nitrogens with zero attached hydrogens (tertiary/aromatic N) is 1. The van der Waals surface area contributed by atoms with Gasteiger partial charge in [-0.2, -0.15) is 0 Å². The Kier molecular flexibility index (Phi) is 3.41. The minimum atomic E-state index is -0.199. The minimum absolute atomic E-state index is 0.199. The number of nitrogens with two attached hydrogens (primary N) is 1. The van der Waals surface area contributed by atoms with Crippen molar-refractivity contribution in [2.45, 2.75) is 6.54 Å². The quantitative estimate of drug-likeness (QED) is 0.836. The molecule has 0 bridgehead atoms. The lowest BCUT2D eigenvalue weighted by atomic mass is 9.99. The fraction of sp³-hybridized carbons (Fsp3) is 0.500. The Hall–Kier alpha value is -1.13. The molecule has 3 nitrogen and oxygen atoms in total. The number of rotatable bonds is 4. The maximum absolute atomic E-state index is 13.6. The molecule has 0 unspecified atom stereocenters. The van der Waals surface area contributed by atoms with Gasteiger partial charge in [0.25, 0.3) is 0 Å². The summed E-state index contributed by atoms with van der Waals surface area (Å²) in [6.07, 6.45) is 0. The summed E-state index contributed by atoms with van der Waals surface area (Å²) in [5.74, 6) is 0.946. The molecule has 1 fully saturated rings. The molecular weight excluding hydrogens is 207 g/mol. The van der Waals surface area contributed by atoms with Gasteiger partial charge in [0, 0.05) is 31.3 Å². The van der Waals surface area contributed by atoms with E-state index in [2.05, 4.69) is 4.90 Å². The Bertz CT molecular complexity index is 364. The summed E-state index contributed by atoms with van der Waals surface area (Å²) in [5, 5.41) is 0. The largest absolute Gasteiger partial charge is 0.497 e. The smallest absolute Gasteiger partial charge is 0.131 e. The van der Waals surface area contributed by atoms with Gasteiger partial charge >= 0.3 is 0 Å². The summed E-state index contributed by atoms with van der Waals surface area (Å²) >= 11 is 0. The number of halogens is 1. The van der Waals surface area contributed by atoms with Crippen LogP contribution in [0.3, 0.4) is 0 Å². The van der Waals surface area contributed by atoms with Gasteiger partial charge in [-0.3, -0.25) is 4.90 Å². The third kappa shape index (κ3) is 2.33. The van der Waals surface area contributed by atoms with E-state index in [0.717, 1.165) is 25.2 Å². The van der Waals surface area contributed by atoms with Gasteiger partial charge in [-0.1, -0.05) is 6.07 Å². The van der Waals surface area contributed by atoms with Crippen molar-refractivity contribution >= 4 is 0 Å². The van der Waals surface area contributed by atoms with Gasteiger partial charge in [0.05, 0.1) is 7.11 Å². The predicted octanol–water partition coefficient (Wildman–Crippen LogP) is 1.22. The molecule has 1 heterocycles. The van der Waals surface area contributed by atoms with Gasteiger partial charge in [-0.05, 0) is 18.5 Å². The van der Waals surface area contributed by atoms with Crippen LogP contribution in [0.2, 0.25) is 0 Å². The third-order valence-electron chi connectivity index (χ3n) is 3.02. The van der Waals surface area contributed by atoms with E-state index in [1.165, 1.54) is 13.2 Å². The topological polar surface area (TPSA) is 38.5 Å². The summed E-state index contributed by atoms with van der Waals surface area (Å²) in [6.45, 7) is 3.33. The van der Waals surface area contributed by atoms with Crippen molar-refractivity contribution in [3.63, 3.8) is 0 Å². The van der Waals surface area contributed by atoms with Gasteiger partial charge in [-0.25, -0.2) is 4.39 Å². The summed E-state index contributed by atoms with van der Waals surface area (Å²) in [5.41, 5.74) is 6.26. The Labute approximate surface area is 95.0 Å². The van der Waals surface area contributed by atoms with E-state index in [1.54, 1.807) is 12.1 Å². The Morgan fingerprint density at radius 1 is 1.50 bits per heavy atom. The predicted molar refractivity (Wildman–Crippen MR) is 60.8 cm³/mol. The molecule has 1 aliphatic rings. The van der Waals surface area contributed by atoms with Crippen LogP contribution in [-0.4, -0.2) is 31.6 Å². The zero-order chi connectivity index (χ0) is 11.5. The molecule has 0 spiro atoms. The lowest BCUT2D eigenvalue weighted by Gasteiger charge is -2.38. The molecule has 0 saturated carbocycles. The summed E-state index contributed by atoms with van der Waals surface area (Å²) < 4.78 is 18.6. The first-order valence-corrected chi connectivity index (χ1v) is 5.47. The van der Waals surface area contributed by atoms with Crippen molar-refractivity contribution in [2.75, 3.05) is 26.7 Å². The normalized spacial score (nSPS) is 17.2. The van der Waals surface area contributed by atoms with Crippen molar-refractivity contribution < 1.29 is 9.13 Å². The van der Waals surface area contributed by atoms with Crippen LogP contribution >= 0.6 is 0 Å². The Morgan fingerprint density at radius 3 is 2.81 bits per heavy atom. The van der Waals surface area contributed by atoms with E-state index in [4.69, 9.17) is 10.5 Å². The SMILES string of the molecule is COc1ccc(CN2CC(CN)C2)c(F)c1. The zero-order valence-corrected chi connectivity index (χ0v) is 9.45. The maximum Gasteiger partial charge on any atom is 0.131 e. The van der Waals surface area contributed by atoms with Gasteiger partial charge in [0.15, 0.2) is 0 Å². The first-order chi connectivity index (χ1) is 7.72. The fourth-order valence-electron chi connectivity index (χ4n) is 1.98. The van der Waals surface area contributed by atoms with Crippen LogP contribution in [0.5, 0.6) is 5.75 Å². The molecule has 16 heavy (non-hydrogen) atoms. The van der Waals surface area contributed by atoms with E-state index >= 15 is 0 Å².